The van der Waals surface area contributed by atoms with Gasteiger partial charge >= 0.3 is 0 Å². The van der Waals surface area contributed by atoms with Crippen LogP contribution in [-0.2, 0) is 11.3 Å². The number of amides is 1. The van der Waals surface area contributed by atoms with Gasteiger partial charge in [-0.25, -0.2) is 4.39 Å². The summed E-state index contributed by atoms with van der Waals surface area (Å²) in [5, 5.41) is 2.94. The number of carbonyl (C=O) groups excluding carboxylic acids is 1. The lowest BCUT2D eigenvalue weighted by atomic mass is 10.3. The first-order valence-electron chi connectivity index (χ1n) is 5.46. The van der Waals surface area contributed by atoms with Crippen molar-refractivity contribution in [1.82, 2.24) is 4.57 Å². The van der Waals surface area contributed by atoms with Crippen LogP contribution in [0.5, 0.6) is 0 Å². The molecule has 4 nitrogen and oxygen atoms in total. The highest BCUT2D eigenvalue weighted by molar-refractivity contribution is 6.33. The Labute approximate surface area is 113 Å². The number of halogens is 2. The minimum atomic E-state index is -0.579. The smallest absolute Gasteiger partial charge is 0.251 e. The summed E-state index contributed by atoms with van der Waals surface area (Å²) in [7, 11) is 0. The van der Waals surface area contributed by atoms with E-state index < -0.39 is 17.3 Å². The van der Waals surface area contributed by atoms with E-state index in [0.717, 1.165) is 22.9 Å². The van der Waals surface area contributed by atoms with Crippen LogP contribution in [-0.4, -0.2) is 10.5 Å². The fraction of sp³-hybridized carbons (Fsp3) is 0.0769. The van der Waals surface area contributed by atoms with Crippen molar-refractivity contribution in [1.29, 1.82) is 0 Å². The maximum Gasteiger partial charge on any atom is 0.251 e. The normalized spacial score (nSPS) is 10.2. The number of anilines is 1. The molecule has 1 heterocycles. The van der Waals surface area contributed by atoms with Gasteiger partial charge in [-0.3, -0.25) is 9.59 Å². The molecule has 0 aliphatic carbocycles. The molecular weight excluding hydrogens is 271 g/mol. The minimum Gasteiger partial charge on any atom is -0.323 e. The van der Waals surface area contributed by atoms with Gasteiger partial charge in [-0.05, 0) is 18.2 Å². The van der Waals surface area contributed by atoms with Crippen LogP contribution in [0.1, 0.15) is 0 Å². The van der Waals surface area contributed by atoms with Gasteiger partial charge in [-0.15, -0.1) is 0 Å². The Kier molecular flexibility index (Phi) is 3.97. The summed E-state index contributed by atoms with van der Waals surface area (Å²) in [6.45, 7) is -0.276. The van der Waals surface area contributed by atoms with Crippen LogP contribution in [0.25, 0.3) is 0 Å². The van der Waals surface area contributed by atoms with E-state index in [1.54, 1.807) is 24.3 Å². The average Bonchev–Trinajstić information content (AvgIpc) is 2.37. The highest BCUT2D eigenvalue weighted by Crippen LogP contribution is 2.20. The monoisotopic (exact) mass is 280 g/mol. The SMILES string of the molecule is O=C(Cn1cc(F)ccc1=O)Nc1ccccc1Cl. The molecule has 0 aliphatic rings. The summed E-state index contributed by atoms with van der Waals surface area (Å²) < 4.78 is 14.0. The molecule has 0 aliphatic heterocycles. The molecule has 0 spiro atoms. The van der Waals surface area contributed by atoms with Crippen LogP contribution in [0.4, 0.5) is 10.1 Å². The maximum absolute atomic E-state index is 13.0. The van der Waals surface area contributed by atoms with Crippen molar-refractivity contribution in [2.24, 2.45) is 0 Å². The summed E-state index contributed by atoms with van der Waals surface area (Å²) in [6.07, 6.45) is 0.981. The van der Waals surface area contributed by atoms with Crippen molar-refractivity contribution in [3.8, 4) is 0 Å². The van der Waals surface area contributed by atoms with Gasteiger partial charge in [-0.1, -0.05) is 23.7 Å². The number of para-hydroxylation sites is 1. The number of hydrogen-bond donors (Lipinski definition) is 1. The van der Waals surface area contributed by atoms with E-state index in [-0.39, 0.29) is 6.54 Å². The van der Waals surface area contributed by atoms with Crippen molar-refractivity contribution >= 4 is 23.2 Å². The lowest BCUT2D eigenvalue weighted by Crippen LogP contribution is -2.27. The second kappa shape index (κ2) is 5.67. The Morgan fingerprint density at radius 3 is 2.74 bits per heavy atom. The maximum atomic E-state index is 13.0. The Balaban J connectivity index is 2.12. The third-order valence-electron chi connectivity index (χ3n) is 2.41. The number of hydrogen-bond acceptors (Lipinski definition) is 2. The topological polar surface area (TPSA) is 51.1 Å². The van der Waals surface area contributed by atoms with Crippen molar-refractivity contribution in [3.05, 3.63) is 63.8 Å². The number of aromatic nitrogens is 1. The molecule has 1 aromatic heterocycles. The molecule has 1 amide bonds. The number of pyridine rings is 1. The number of nitrogens with one attached hydrogen (secondary N) is 1. The summed E-state index contributed by atoms with van der Waals surface area (Å²) in [5.74, 6) is -1.04. The van der Waals surface area contributed by atoms with Crippen molar-refractivity contribution in [2.45, 2.75) is 6.54 Å². The molecular formula is C13H10ClFN2O2. The van der Waals surface area contributed by atoms with Gasteiger partial charge in [-0.2, -0.15) is 0 Å². The zero-order valence-electron chi connectivity index (χ0n) is 9.77. The second-order valence-corrected chi connectivity index (χ2v) is 4.25. The van der Waals surface area contributed by atoms with Crippen LogP contribution in [0, 0.1) is 5.82 Å². The van der Waals surface area contributed by atoms with Gasteiger partial charge < -0.3 is 9.88 Å². The van der Waals surface area contributed by atoms with Gasteiger partial charge in [0.2, 0.25) is 5.91 Å². The molecule has 0 radical (unpaired) electrons. The van der Waals surface area contributed by atoms with Crippen LogP contribution in [0.3, 0.4) is 0 Å². The number of nitrogens with zero attached hydrogens (tertiary/aromatic N) is 1. The predicted molar refractivity (Wildman–Crippen MR) is 70.7 cm³/mol. The zero-order chi connectivity index (χ0) is 13.8. The molecule has 1 aromatic carbocycles. The third-order valence-corrected chi connectivity index (χ3v) is 2.74. The lowest BCUT2D eigenvalue weighted by Gasteiger charge is -2.08. The van der Waals surface area contributed by atoms with E-state index in [1.807, 2.05) is 0 Å². The molecule has 2 rings (SSSR count). The van der Waals surface area contributed by atoms with Gasteiger partial charge in [0.1, 0.15) is 12.4 Å². The number of benzene rings is 1. The predicted octanol–water partition coefficient (Wildman–Crippen LogP) is 2.28. The summed E-state index contributed by atoms with van der Waals surface area (Å²) in [6, 6.07) is 8.83. The van der Waals surface area contributed by atoms with E-state index in [1.165, 1.54) is 0 Å². The van der Waals surface area contributed by atoms with E-state index >= 15 is 0 Å². The second-order valence-electron chi connectivity index (χ2n) is 3.84. The average molecular weight is 281 g/mol. The highest BCUT2D eigenvalue weighted by atomic mass is 35.5. The lowest BCUT2D eigenvalue weighted by molar-refractivity contribution is -0.116. The first-order valence-corrected chi connectivity index (χ1v) is 5.84. The fourth-order valence-corrected chi connectivity index (χ4v) is 1.72. The summed E-state index contributed by atoms with van der Waals surface area (Å²) >= 11 is 5.88. The van der Waals surface area contributed by atoms with E-state index in [0.29, 0.717) is 10.7 Å². The minimum absolute atomic E-state index is 0.276. The van der Waals surface area contributed by atoms with Crippen LogP contribution >= 0.6 is 11.6 Å². The standard InChI is InChI=1S/C13H10ClFN2O2/c14-10-3-1-2-4-11(10)16-12(18)8-17-7-9(15)5-6-13(17)19/h1-7H,8H2,(H,16,18). The molecule has 98 valence electrons. The summed E-state index contributed by atoms with van der Waals surface area (Å²) in [5.41, 5.74) is -0.00525. The first-order chi connectivity index (χ1) is 9.06. The fourth-order valence-electron chi connectivity index (χ4n) is 1.53. The Hall–Kier alpha value is -2.14. The third kappa shape index (κ3) is 3.42. The molecule has 19 heavy (non-hydrogen) atoms. The molecule has 0 saturated heterocycles. The number of carbonyl (C=O) groups is 1. The quantitative estimate of drug-likeness (QED) is 0.938. The van der Waals surface area contributed by atoms with E-state index in [9.17, 15) is 14.0 Å². The van der Waals surface area contributed by atoms with Gasteiger partial charge in [0.15, 0.2) is 0 Å². The van der Waals surface area contributed by atoms with E-state index in [2.05, 4.69) is 5.32 Å². The first kappa shape index (κ1) is 13.3. The zero-order valence-corrected chi connectivity index (χ0v) is 10.5. The van der Waals surface area contributed by atoms with Crippen molar-refractivity contribution < 1.29 is 9.18 Å². The van der Waals surface area contributed by atoms with Crippen LogP contribution < -0.4 is 10.9 Å². The number of rotatable bonds is 3. The Morgan fingerprint density at radius 1 is 1.26 bits per heavy atom. The molecule has 0 atom stereocenters. The van der Waals surface area contributed by atoms with Gasteiger partial charge in [0, 0.05) is 12.3 Å². The van der Waals surface area contributed by atoms with Crippen LogP contribution in [0.2, 0.25) is 5.02 Å². The molecule has 0 bridgehead atoms. The summed E-state index contributed by atoms with van der Waals surface area (Å²) in [4.78, 5) is 23.2. The molecule has 0 saturated carbocycles. The Bertz CT molecular complexity index is 670. The Morgan fingerprint density at radius 2 is 2.00 bits per heavy atom. The molecule has 1 N–H and O–H groups in total. The van der Waals surface area contributed by atoms with E-state index in [4.69, 9.17) is 11.6 Å². The van der Waals surface area contributed by atoms with Gasteiger partial charge in [0.05, 0.1) is 10.7 Å². The van der Waals surface area contributed by atoms with Gasteiger partial charge in [0.25, 0.3) is 5.56 Å². The highest BCUT2D eigenvalue weighted by Gasteiger charge is 2.07. The van der Waals surface area contributed by atoms with Crippen LogP contribution in [0.15, 0.2) is 47.4 Å². The molecule has 0 unspecified atom stereocenters. The van der Waals surface area contributed by atoms with Crippen molar-refractivity contribution in [2.75, 3.05) is 5.32 Å². The largest absolute Gasteiger partial charge is 0.323 e. The molecule has 2 aromatic rings. The van der Waals surface area contributed by atoms with Crippen molar-refractivity contribution in [3.63, 3.8) is 0 Å². The molecule has 6 heteroatoms. The molecule has 0 fully saturated rings.